The van der Waals surface area contributed by atoms with Crippen molar-refractivity contribution in [3.05, 3.63) is 29.9 Å². The second kappa shape index (κ2) is 4.45. The molecule has 0 bridgehead atoms. The Morgan fingerprint density at radius 2 is 2.24 bits per heavy atom. The average molecular weight is 231 g/mol. The molecule has 1 unspecified atom stereocenters. The van der Waals surface area contributed by atoms with Crippen molar-refractivity contribution in [2.45, 2.75) is 26.7 Å². The van der Waals surface area contributed by atoms with Crippen molar-refractivity contribution < 1.29 is 9.32 Å². The van der Waals surface area contributed by atoms with Gasteiger partial charge in [0.05, 0.1) is 5.92 Å². The molecule has 0 radical (unpaired) electrons. The Hall–Kier alpha value is -2.04. The molecule has 88 valence electrons. The zero-order valence-corrected chi connectivity index (χ0v) is 9.97. The molecule has 0 N–H and O–H groups in total. The quantitative estimate of drug-likeness (QED) is 0.809. The molecule has 0 aliphatic rings. The predicted octanol–water partition coefficient (Wildman–Crippen LogP) is 2.13. The minimum atomic E-state index is -0.367. The Bertz CT molecular complexity index is 548. The maximum Gasteiger partial charge on any atom is 0.237 e. The summed E-state index contributed by atoms with van der Waals surface area (Å²) in [6, 6.07) is 1.87. The molecular weight excluding hydrogens is 218 g/mol. The van der Waals surface area contributed by atoms with Gasteiger partial charge in [0.15, 0.2) is 0 Å². The van der Waals surface area contributed by atoms with Crippen molar-refractivity contribution in [3.8, 4) is 11.4 Å². The van der Waals surface area contributed by atoms with Crippen LogP contribution in [-0.2, 0) is 4.79 Å². The van der Waals surface area contributed by atoms with Crippen LogP contribution in [0.25, 0.3) is 11.4 Å². The molecule has 2 heterocycles. The number of hydrogen-bond acceptors (Lipinski definition) is 5. The Balaban J connectivity index is 2.37. The Labute approximate surface area is 98.9 Å². The highest BCUT2D eigenvalue weighted by Gasteiger charge is 2.19. The van der Waals surface area contributed by atoms with Crippen molar-refractivity contribution in [2.75, 3.05) is 0 Å². The van der Waals surface area contributed by atoms with Gasteiger partial charge in [0.25, 0.3) is 0 Å². The van der Waals surface area contributed by atoms with E-state index < -0.39 is 0 Å². The molecule has 0 amide bonds. The molecule has 0 spiro atoms. The van der Waals surface area contributed by atoms with Crippen molar-refractivity contribution in [2.24, 2.45) is 0 Å². The predicted molar refractivity (Wildman–Crippen MR) is 61.4 cm³/mol. The molecule has 1 atom stereocenters. The third-order valence-electron chi connectivity index (χ3n) is 2.70. The molecule has 2 aromatic heterocycles. The van der Waals surface area contributed by atoms with E-state index in [2.05, 4.69) is 15.1 Å². The highest BCUT2D eigenvalue weighted by atomic mass is 16.5. The van der Waals surface area contributed by atoms with E-state index in [1.54, 1.807) is 19.3 Å². The lowest BCUT2D eigenvalue weighted by molar-refractivity contribution is -0.118. The first-order valence-electron chi connectivity index (χ1n) is 5.34. The van der Waals surface area contributed by atoms with Gasteiger partial charge in [0.2, 0.25) is 11.7 Å². The molecule has 0 saturated heterocycles. The standard InChI is InChI=1S/C12H13N3O2/c1-7-4-5-13-6-10(7)11-14-12(17-15-11)8(2)9(3)16/h4-6,8H,1-3H3. The van der Waals surface area contributed by atoms with E-state index in [1.807, 2.05) is 13.0 Å². The lowest BCUT2D eigenvalue weighted by Gasteiger charge is -1.99. The van der Waals surface area contributed by atoms with Crippen LogP contribution < -0.4 is 0 Å². The number of carbonyl (C=O) groups excluding carboxylic acids is 1. The molecule has 0 aliphatic heterocycles. The van der Waals surface area contributed by atoms with Gasteiger partial charge in [-0.3, -0.25) is 9.78 Å². The van der Waals surface area contributed by atoms with E-state index in [-0.39, 0.29) is 11.7 Å². The van der Waals surface area contributed by atoms with Crippen LogP contribution in [0.5, 0.6) is 0 Å². The lowest BCUT2D eigenvalue weighted by Crippen LogP contribution is -2.04. The van der Waals surface area contributed by atoms with Crippen LogP contribution >= 0.6 is 0 Å². The third kappa shape index (κ3) is 2.22. The van der Waals surface area contributed by atoms with Crippen LogP contribution in [0.4, 0.5) is 0 Å². The molecule has 2 aromatic rings. The largest absolute Gasteiger partial charge is 0.338 e. The van der Waals surface area contributed by atoms with Crippen molar-refractivity contribution in [1.82, 2.24) is 15.1 Å². The van der Waals surface area contributed by atoms with Crippen LogP contribution in [0.15, 0.2) is 23.0 Å². The number of pyridine rings is 1. The lowest BCUT2D eigenvalue weighted by atomic mass is 10.1. The van der Waals surface area contributed by atoms with Gasteiger partial charge in [-0.05, 0) is 32.4 Å². The molecule has 5 nitrogen and oxygen atoms in total. The smallest absolute Gasteiger partial charge is 0.237 e. The number of hydrogen-bond donors (Lipinski definition) is 0. The highest BCUT2D eigenvalue weighted by molar-refractivity contribution is 5.81. The van der Waals surface area contributed by atoms with E-state index in [1.165, 1.54) is 6.92 Å². The van der Waals surface area contributed by atoms with E-state index in [0.29, 0.717) is 11.7 Å². The van der Waals surface area contributed by atoms with Gasteiger partial charge < -0.3 is 4.52 Å². The average Bonchev–Trinajstić information content (AvgIpc) is 2.77. The number of ketones is 1. The van der Waals surface area contributed by atoms with Crippen LogP contribution in [0.2, 0.25) is 0 Å². The highest BCUT2D eigenvalue weighted by Crippen LogP contribution is 2.21. The normalized spacial score (nSPS) is 12.4. The summed E-state index contributed by atoms with van der Waals surface area (Å²) in [6.45, 7) is 5.20. The fourth-order valence-electron chi connectivity index (χ4n) is 1.39. The topological polar surface area (TPSA) is 68.9 Å². The number of aryl methyl sites for hydroxylation is 1. The van der Waals surface area contributed by atoms with Crippen LogP contribution in [0.1, 0.15) is 31.2 Å². The van der Waals surface area contributed by atoms with E-state index >= 15 is 0 Å². The SMILES string of the molecule is CC(=O)C(C)c1nc(-c2cnccc2C)no1. The minimum absolute atomic E-state index is 0.00288. The number of rotatable bonds is 3. The molecule has 17 heavy (non-hydrogen) atoms. The molecule has 0 aromatic carbocycles. The monoisotopic (exact) mass is 231 g/mol. The summed E-state index contributed by atoms with van der Waals surface area (Å²) in [6.07, 6.45) is 3.39. The van der Waals surface area contributed by atoms with E-state index in [9.17, 15) is 4.79 Å². The summed E-state index contributed by atoms with van der Waals surface area (Å²) >= 11 is 0. The van der Waals surface area contributed by atoms with Gasteiger partial charge in [0, 0.05) is 18.0 Å². The van der Waals surface area contributed by atoms with Gasteiger partial charge in [-0.1, -0.05) is 5.16 Å². The molecule has 2 rings (SSSR count). The first-order valence-corrected chi connectivity index (χ1v) is 5.34. The summed E-state index contributed by atoms with van der Waals surface area (Å²) < 4.78 is 5.09. The molecule has 5 heteroatoms. The van der Waals surface area contributed by atoms with Crippen LogP contribution in [0, 0.1) is 6.92 Å². The maximum atomic E-state index is 11.2. The zero-order chi connectivity index (χ0) is 12.4. The first kappa shape index (κ1) is 11.4. The van der Waals surface area contributed by atoms with Crippen molar-refractivity contribution >= 4 is 5.78 Å². The Morgan fingerprint density at radius 3 is 2.88 bits per heavy atom. The van der Waals surface area contributed by atoms with Gasteiger partial charge in [-0.25, -0.2) is 0 Å². The fraction of sp³-hybridized carbons (Fsp3) is 0.333. The molecular formula is C12H13N3O2. The third-order valence-corrected chi connectivity index (χ3v) is 2.70. The van der Waals surface area contributed by atoms with Crippen LogP contribution in [-0.4, -0.2) is 20.9 Å². The van der Waals surface area contributed by atoms with E-state index in [0.717, 1.165) is 11.1 Å². The van der Waals surface area contributed by atoms with Crippen LogP contribution in [0.3, 0.4) is 0 Å². The van der Waals surface area contributed by atoms with Crippen molar-refractivity contribution in [3.63, 3.8) is 0 Å². The Morgan fingerprint density at radius 1 is 1.47 bits per heavy atom. The number of Topliss-reactive ketones (excluding diaryl/α,β-unsaturated/α-hetero) is 1. The van der Waals surface area contributed by atoms with E-state index in [4.69, 9.17) is 4.52 Å². The minimum Gasteiger partial charge on any atom is -0.338 e. The molecule has 0 fully saturated rings. The van der Waals surface area contributed by atoms with Gasteiger partial charge >= 0.3 is 0 Å². The number of aromatic nitrogens is 3. The first-order chi connectivity index (χ1) is 8.09. The summed E-state index contributed by atoms with van der Waals surface area (Å²) in [7, 11) is 0. The molecule has 0 saturated carbocycles. The number of carbonyl (C=O) groups is 1. The maximum absolute atomic E-state index is 11.2. The number of nitrogens with zero attached hydrogens (tertiary/aromatic N) is 3. The van der Waals surface area contributed by atoms with Crippen molar-refractivity contribution in [1.29, 1.82) is 0 Å². The summed E-state index contributed by atoms with van der Waals surface area (Å²) in [4.78, 5) is 19.5. The summed E-state index contributed by atoms with van der Waals surface area (Å²) in [5, 5.41) is 3.87. The second-order valence-corrected chi connectivity index (χ2v) is 3.98. The van der Waals surface area contributed by atoms with Gasteiger partial charge in [0.1, 0.15) is 5.78 Å². The Kier molecular flexibility index (Phi) is 2.99. The molecule has 0 aliphatic carbocycles. The van der Waals surface area contributed by atoms with Gasteiger partial charge in [-0.2, -0.15) is 4.98 Å². The summed E-state index contributed by atoms with van der Waals surface area (Å²) in [5.41, 5.74) is 1.83. The van der Waals surface area contributed by atoms with Gasteiger partial charge in [-0.15, -0.1) is 0 Å². The second-order valence-electron chi connectivity index (χ2n) is 3.98. The summed E-state index contributed by atoms with van der Waals surface area (Å²) in [5.74, 6) is 0.450. The fourth-order valence-corrected chi connectivity index (χ4v) is 1.39. The zero-order valence-electron chi connectivity index (χ0n) is 9.97.